The van der Waals surface area contributed by atoms with Crippen molar-refractivity contribution in [3.8, 4) is 11.4 Å². The maximum Gasteiger partial charge on any atom is 0.161 e. The van der Waals surface area contributed by atoms with Crippen LogP contribution in [-0.2, 0) is 6.42 Å². The van der Waals surface area contributed by atoms with Gasteiger partial charge in [0.15, 0.2) is 5.82 Å². The molecular formula is C13H15N3S. The molecule has 0 fully saturated rings. The molecule has 0 aliphatic heterocycles. The highest BCUT2D eigenvalue weighted by Crippen LogP contribution is 2.21. The maximum atomic E-state index is 5.77. The number of nitrogens with two attached hydrogens (primary N) is 1. The molecule has 0 spiro atoms. The molecule has 17 heavy (non-hydrogen) atoms. The molecule has 0 bridgehead atoms. The molecule has 0 radical (unpaired) electrons. The van der Waals surface area contributed by atoms with Gasteiger partial charge in [-0.3, -0.25) is 0 Å². The summed E-state index contributed by atoms with van der Waals surface area (Å²) in [4.78, 5) is 9.98. The monoisotopic (exact) mass is 245 g/mol. The van der Waals surface area contributed by atoms with Gasteiger partial charge in [-0.05, 0) is 24.8 Å². The Kier molecular flexibility index (Phi) is 3.64. The first-order chi connectivity index (χ1) is 8.22. The number of aryl methyl sites for hydroxylation is 1. The minimum Gasteiger partial charge on any atom is -0.384 e. The lowest BCUT2D eigenvalue weighted by molar-refractivity contribution is 1.01. The van der Waals surface area contributed by atoms with Gasteiger partial charge in [-0.1, -0.05) is 19.1 Å². The molecule has 0 saturated carbocycles. The van der Waals surface area contributed by atoms with Gasteiger partial charge >= 0.3 is 0 Å². The fourth-order valence-electron chi connectivity index (χ4n) is 1.57. The second-order valence-corrected chi connectivity index (χ2v) is 4.57. The van der Waals surface area contributed by atoms with Gasteiger partial charge in [0.2, 0.25) is 0 Å². The maximum absolute atomic E-state index is 5.77. The Bertz CT molecular complexity index is 509. The van der Waals surface area contributed by atoms with Crippen LogP contribution in [0.3, 0.4) is 0 Å². The summed E-state index contributed by atoms with van der Waals surface area (Å²) in [7, 11) is 0. The lowest BCUT2D eigenvalue weighted by atomic mass is 10.2. The Morgan fingerprint density at radius 1 is 1.18 bits per heavy atom. The predicted octanol–water partition coefficient (Wildman–Crippen LogP) is 3.01. The van der Waals surface area contributed by atoms with E-state index in [1.54, 1.807) is 11.8 Å². The molecular weight excluding hydrogens is 230 g/mol. The van der Waals surface area contributed by atoms with Crippen molar-refractivity contribution in [2.75, 3.05) is 12.0 Å². The highest BCUT2D eigenvalue weighted by molar-refractivity contribution is 7.98. The average molecular weight is 245 g/mol. The summed E-state index contributed by atoms with van der Waals surface area (Å²) in [5, 5.41) is 0. The van der Waals surface area contributed by atoms with Gasteiger partial charge in [-0.25, -0.2) is 9.97 Å². The molecule has 4 heteroatoms. The standard InChI is InChI=1S/C13H15N3S/c1-3-10-8-12(14)16-13(15-10)9-4-6-11(17-2)7-5-9/h4-8H,3H2,1-2H3,(H2,14,15,16). The van der Waals surface area contributed by atoms with Gasteiger partial charge in [0.05, 0.1) is 0 Å². The number of thioether (sulfide) groups is 1. The number of anilines is 1. The molecule has 2 rings (SSSR count). The van der Waals surface area contributed by atoms with Crippen molar-refractivity contribution < 1.29 is 0 Å². The average Bonchev–Trinajstić information content (AvgIpc) is 2.38. The van der Waals surface area contributed by atoms with Gasteiger partial charge in [0.1, 0.15) is 5.82 Å². The molecule has 0 amide bonds. The molecule has 1 aromatic carbocycles. The third kappa shape index (κ3) is 2.77. The van der Waals surface area contributed by atoms with Crippen molar-refractivity contribution in [1.29, 1.82) is 0 Å². The van der Waals surface area contributed by atoms with Crippen LogP contribution >= 0.6 is 11.8 Å². The zero-order chi connectivity index (χ0) is 12.3. The SMILES string of the molecule is CCc1cc(N)nc(-c2ccc(SC)cc2)n1. The molecule has 2 N–H and O–H groups in total. The van der Waals surface area contributed by atoms with E-state index in [2.05, 4.69) is 35.3 Å². The summed E-state index contributed by atoms with van der Waals surface area (Å²) in [6, 6.07) is 10.0. The first kappa shape index (κ1) is 11.9. The van der Waals surface area contributed by atoms with Gasteiger partial charge in [0.25, 0.3) is 0 Å². The number of rotatable bonds is 3. The highest BCUT2D eigenvalue weighted by atomic mass is 32.2. The normalized spacial score (nSPS) is 10.5. The smallest absolute Gasteiger partial charge is 0.161 e. The molecule has 3 nitrogen and oxygen atoms in total. The minimum absolute atomic E-state index is 0.529. The molecule has 0 atom stereocenters. The second-order valence-electron chi connectivity index (χ2n) is 3.69. The van der Waals surface area contributed by atoms with Gasteiger partial charge < -0.3 is 5.73 Å². The van der Waals surface area contributed by atoms with Crippen LogP contribution in [0.2, 0.25) is 0 Å². The van der Waals surface area contributed by atoms with Crippen LogP contribution < -0.4 is 5.73 Å². The Morgan fingerprint density at radius 3 is 2.47 bits per heavy atom. The van der Waals surface area contributed by atoms with Crippen molar-refractivity contribution in [3.63, 3.8) is 0 Å². The Balaban J connectivity index is 2.41. The molecule has 1 heterocycles. The summed E-state index contributed by atoms with van der Waals surface area (Å²) in [6.07, 6.45) is 2.92. The first-order valence-electron chi connectivity index (χ1n) is 5.50. The fraction of sp³-hybridized carbons (Fsp3) is 0.231. The van der Waals surface area contributed by atoms with Gasteiger partial charge in [-0.15, -0.1) is 11.8 Å². The largest absolute Gasteiger partial charge is 0.384 e. The predicted molar refractivity (Wildman–Crippen MR) is 73.0 cm³/mol. The van der Waals surface area contributed by atoms with Crippen LogP contribution in [0.1, 0.15) is 12.6 Å². The zero-order valence-electron chi connectivity index (χ0n) is 9.97. The van der Waals surface area contributed by atoms with E-state index >= 15 is 0 Å². The Morgan fingerprint density at radius 2 is 1.88 bits per heavy atom. The molecule has 0 aliphatic carbocycles. The lowest BCUT2D eigenvalue weighted by Gasteiger charge is -2.05. The lowest BCUT2D eigenvalue weighted by Crippen LogP contribution is -1.99. The zero-order valence-corrected chi connectivity index (χ0v) is 10.8. The van der Waals surface area contributed by atoms with E-state index in [0.29, 0.717) is 11.6 Å². The Labute approximate surface area is 105 Å². The van der Waals surface area contributed by atoms with E-state index in [4.69, 9.17) is 5.73 Å². The van der Waals surface area contributed by atoms with Crippen LogP contribution in [0.25, 0.3) is 11.4 Å². The number of nitrogen functional groups attached to an aromatic ring is 1. The number of nitrogens with zero attached hydrogens (tertiary/aromatic N) is 2. The topological polar surface area (TPSA) is 51.8 Å². The second kappa shape index (κ2) is 5.19. The van der Waals surface area contributed by atoms with Crippen molar-refractivity contribution in [2.45, 2.75) is 18.2 Å². The van der Waals surface area contributed by atoms with E-state index < -0.39 is 0 Å². The fourth-order valence-corrected chi connectivity index (χ4v) is 1.98. The molecule has 88 valence electrons. The molecule has 2 aromatic rings. The van der Waals surface area contributed by atoms with Crippen LogP contribution in [0.4, 0.5) is 5.82 Å². The summed E-state index contributed by atoms with van der Waals surface area (Å²) < 4.78 is 0. The summed E-state index contributed by atoms with van der Waals surface area (Å²) in [6.45, 7) is 2.06. The number of aromatic nitrogens is 2. The number of benzene rings is 1. The van der Waals surface area contributed by atoms with Crippen molar-refractivity contribution >= 4 is 17.6 Å². The summed E-state index contributed by atoms with van der Waals surface area (Å²) >= 11 is 1.72. The summed E-state index contributed by atoms with van der Waals surface area (Å²) in [5.74, 6) is 1.23. The van der Waals surface area contributed by atoms with E-state index in [1.807, 2.05) is 18.2 Å². The van der Waals surface area contributed by atoms with Crippen LogP contribution in [-0.4, -0.2) is 16.2 Å². The van der Waals surface area contributed by atoms with Crippen molar-refractivity contribution in [3.05, 3.63) is 36.0 Å². The molecule has 1 aromatic heterocycles. The van der Waals surface area contributed by atoms with E-state index in [-0.39, 0.29) is 0 Å². The Hall–Kier alpha value is -1.55. The number of hydrogen-bond acceptors (Lipinski definition) is 4. The van der Waals surface area contributed by atoms with Crippen LogP contribution in [0.15, 0.2) is 35.2 Å². The highest BCUT2D eigenvalue weighted by Gasteiger charge is 2.04. The number of hydrogen-bond donors (Lipinski definition) is 1. The quantitative estimate of drug-likeness (QED) is 0.845. The molecule has 0 unspecified atom stereocenters. The van der Waals surface area contributed by atoms with Gasteiger partial charge in [-0.2, -0.15) is 0 Å². The minimum atomic E-state index is 0.529. The van der Waals surface area contributed by atoms with E-state index in [1.165, 1.54) is 4.90 Å². The molecule has 0 aliphatic rings. The summed E-state index contributed by atoms with van der Waals surface area (Å²) in [5.41, 5.74) is 7.75. The van der Waals surface area contributed by atoms with Crippen LogP contribution in [0, 0.1) is 0 Å². The van der Waals surface area contributed by atoms with Crippen molar-refractivity contribution in [2.24, 2.45) is 0 Å². The van der Waals surface area contributed by atoms with Crippen LogP contribution in [0.5, 0.6) is 0 Å². The molecule has 0 saturated heterocycles. The van der Waals surface area contributed by atoms with Gasteiger partial charge in [0, 0.05) is 22.2 Å². The third-order valence-electron chi connectivity index (χ3n) is 2.51. The first-order valence-corrected chi connectivity index (χ1v) is 6.73. The van der Waals surface area contributed by atoms with E-state index in [0.717, 1.165) is 17.7 Å². The van der Waals surface area contributed by atoms with E-state index in [9.17, 15) is 0 Å². The van der Waals surface area contributed by atoms with Crippen molar-refractivity contribution in [1.82, 2.24) is 9.97 Å². The third-order valence-corrected chi connectivity index (χ3v) is 3.25.